The quantitative estimate of drug-likeness (QED) is 0.531. The number of aryl methyl sites for hydroxylation is 1. The molecule has 1 aromatic rings. The van der Waals surface area contributed by atoms with Gasteiger partial charge in [-0.3, -0.25) is 14.9 Å². The van der Waals surface area contributed by atoms with E-state index in [1.807, 2.05) is 0 Å². The predicted molar refractivity (Wildman–Crippen MR) is 38.6 cm³/mol. The first-order valence-corrected chi connectivity index (χ1v) is 3.37. The summed E-state index contributed by atoms with van der Waals surface area (Å²) >= 11 is 0. The fraction of sp³-hybridized carbons (Fsp3) is 0.143. The van der Waals surface area contributed by atoms with Gasteiger partial charge in [-0.25, -0.2) is 9.97 Å². The monoisotopic (exact) mass is 163 g/mol. The number of amides is 2. The third-order valence-corrected chi connectivity index (χ3v) is 1.71. The Morgan fingerprint density at radius 1 is 1.25 bits per heavy atom. The summed E-state index contributed by atoms with van der Waals surface area (Å²) in [7, 11) is 0. The van der Waals surface area contributed by atoms with Gasteiger partial charge in [-0.2, -0.15) is 0 Å². The molecule has 0 saturated heterocycles. The molecule has 0 fully saturated rings. The lowest BCUT2D eigenvalue weighted by Crippen LogP contribution is -2.20. The minimum Gasteiger partial charge on any atom is -0.287 e. The van der Waals surface area contributed by atoms with Crippen LogP contribution in [0.3, 0.4) is 0 Å². The number of fused-ring (bicyclic) bond motifs is 1. The maximum absolute atomic E-state index is 11.1. The Bertz CT molecular complexity index is 386. The average Bonchev–Trinajstić information content (AvgIpc) is 2.29. The molecule has 2 heterocycles. The fourth-order valence-electron chi connectivity index (χ4n) is 1.14. The van der Waals surface area contributed by atoms with Crippen molar-refractivity contribution in [1.82, 2.24) is 15.3 Å². The molecule has 12 heavy (non-hydrogen) atoms. The van der Waals surface area contributed by atoms with E-state index in [-0.39, 0.29) is 5.69 Å². The Hall–Kier alpha value is -1.78. The van der Waals surface area contributed by atoms with Crippen molar-refractivity contribution < 1.29 is 9.59 Å². The highest BCUT2D eigenvalue weighted by Gasteiger charge is 2.30. The van der Waals surface area contributed by atoms with Crippen LogP contribution in [0.4, 0.5) is 0 Å². The molecular weight excluding hydrogens is 158 g/mol. The van der Waals surface area contributed by atoms with Crippen LogP contribution in [0.1, 0.15) is 26.5 Å². The number of carbonyl (C=O) groups is 2. The highest BCUT2D eigenvalue weighted by molar-refractivity contribution is 6.20. The molecule has 0 aliphatic carbocycles. The Balaban J connectivity index is 2.75. The van der Waals surface area contributed by atoms with Gasteiger partial charge in [-0.1, -0.05) is 0 Å². The molecular formula is C7H5N3O2. The Morgan fingerprint density at radius 3 is 2.67 bits per heavy atom. The van der Waals surface area contributed by atoms with E-state index in [1.165, 1.54) is 6.33 Å². The van der Waals surface area contributed by atoms with Crippen LogP contribution in [0.25, 0.3) is 0 Å². The van der Waals surface area contributed by atoms with E-state index < -0.39 is 11.8 Å². The van der Waals surface area contributed by atoms with Gasteiger partial charge in [0.25, 0.3) is 11.8 Å². The number of aromatic nitrogens is 2. The van der Waals surface area contributed by atoms with Crippen LogP contribution in [-0.2, 0) is 0 Å². The molecule has 0 unspecified atom stereocenters. The molecule has 5 heteroatoms. The van der Waals surface area contributed by atoms with Gasteiger partial charge in [0.15, 0.2) is 0 Å². The zero-order valence-electron chi connectivity index (χ0n) is 6.29. The number of imide groups is 1. The smallest absolute Gasteiger partial charge is 0.277 e. The van der Waals surface area contributed by atoms with Crippen molar-refractivity contribution in [3.05, 3.63) is 23.3 Å². The van der Waals surface area contributed by atoms with Crippen molar-refractivity contribution in [2.45, 2.75) is 6.92 Å². The van der Waals surface area contributed by atoms with Gasteiger partial charge in [0, 0.05) is 0 Å². The van der Waals surface area contributed by atoms with E-state index in [0.717, 1.165) is 0 Å². The minimum atomic E-state index is -0.444. The van der Waals surface area contributed by atoms with Gasteiger partial charge in [-0.05, 0) is 6.92 Å². The van der Waals surface area contributed by atoms with E-state index >= 15 is 0 Å². The molecule has 1 aliphatic heterocycles. The SMILES string of the molecule is Cc1ncnc2c1C(=O)NC2=O. The molecule has 0 bridgehead atoms. The van der Waals surface area contributed by atoms with Gasteiger partial charge in [0.2, 0.25) is 0 Å². The molecule has 0 atom stereocenters. The number of carbonyl (C=O) groups excluding carboxylic acids is 2. The first-order valence-electron chi connectivity index (χ1n) is 3.37. The van der Waals surface area contributed by atoms with E-state index in [4.69, 9.17) is 0 Å². The van der Waals surface area contributed by atoms with E-state index in [9.17, 15) is 9.59 Å². The summed E-state index contributed by atoms with van der Waals surface area (Å²) in [5.41, 5.74) is 0.998. The number of rotatable bonds is 0. The lowest BCUT2D eigenvalue weighted by molar-refractivity contribution is 0.0878. The zero-order chi connectivity index (χ0) is 8.72. The second-order valence-corrected chi connectivity index (χ2v) is 2.47. The van der Waals surface area contributed by atoms with Crippen LogP contribution in [0.15, 0.2) is 6.33 Å². The number of nitrogens with one attached hydrogen (secondary N) is 1. The normalized spacial score (nSPS) is 14.4. The molecule has 1 aromatic heterocycles. The molecule has 0 saturated carbocycles. The van der Waals surface area contributed by atoms with Gasteiger partial charge in [-0.15, -0.1) is 0 Å². The minimum absolute atomic E-state index is 0.174. The van der Waals surface area contributed by atoms with Crippen LogP contribution >= 0.6 is 0 Å². The third kappa shape index (κ3) is 0.730. The standard InChI is InChI=1S/C7H5N3O2/c1-3-4-5(9-2-8-3)7(12)10-6(4)11/h2H,1H3,(H,10,11,12). The average molecular weight is 163 g/mol. The third-order valence-electron chi connectivity index (χ3n) is 1.71. The number of nitrogens with zero attached hydrogens (tertiary/aromatic N) is 2. The Morgan fingerprint density at radius 2 is 2.00 bits per heavy atom. The Kier molecular flexibility index (Phi) is 1.21. The molecule has 1 N–H and O–H groups in total. The van der Waals surface area contributed by atoms with Crippen molar-refractivity contribution in [3.63, 3.8) is 0 Å². The van der Waals surface area contributed by atoms with Crippen molar-refractivity contribution in [2.24, 2.45) is 0 Å². The van der Waals surface area contributed by atoms with Crippen LogP contribution in [0, 0.1) is 6.92 Å². The van der Waals surface area contributed by atoms with Crippen LogP contribution in [-0.4, -0.2) is 21.8 Å². The molecule has 60 valence electrons. The summed E-state index contributed by atoms with van der Waals surface area (Å²) in [5, 5.41) is 2.14. The topological polar surface area (TPSA) is 72.0 Å². The largest absolute Gasteiger partial charge is 0.287 e. The highest BCUT2D eigenvalue weighted by Crippen LogP contribution is 2.14. The molecule has 0 radical (unpaired) electrons. The summed E-state index contributed by atoms with van der Waals surface area (Å²) in [6.45, 7) is 1.67. The van der Waals surface area contributed by atoms with Crippen LogP contribution in [0.2, 0.25) is 0 Å². The summed E-state index contributed by atoms with van der Waals surface area (Å²) in [5.74, 6) is -0.853. The maximum atomic E-state index is 11.1. The first kappa shape index (κ1) is 6.90. The van der Waals surface area contributed by atoms with Gasteiger partial charge in [0.1, 0.15) is 12.0 Å². The molecule has 1 aliphatic rings. The lowest BCUT2D eigenvalue weighted by Gasteiger charge is -1.94. The zero-order valence-corrected chi connectivity index (χ0v) is 6.29. The molecule has 0 aromatic carbocycles. The predicted octanol–water partition coefficient (Wildman–Crippen LogP) is -0.331. The number of hydrogen-bond acceptors (Lipinski definition) is 4. The van der Waals surface area contributed by atoms with Crippen molar-refractivity contribution in [2.75, 3.05) is 0 Å². The fourth-order valence-corrected chi connectivity index (χ4v) is 1.14. The molecule has 5 nitrogen and oxygen atoms in total. The highest BCUT2D eigenvalue weighted by atomic mass is 16.2. The maximum Gasteiger partial charge on any atom is 0.277 e. The van der Waals surface area contributed by atoms with Crippen LogP contribution < -0.4 is 5.32 Å². The van der Waals surface area contributed by atoms with Crippen LogP contribution in [0.5, 0.6) is 0 Å². The molecule has 2 amide bonds. The van der Waals surface area contributed by atoms with E-state index in [1.54, 1.807) is 6.92 Å². The lowest BCUT2D eigenvalue weighted by atomic mass is 10.2. The van der Waals surface area contributed by atoms with Gasteiger partial charge >= 0.3 is 0 Å². The summed E-state index contributed by atoms with van der Waals surface area (Å²) in [6, 6.07) is 0. The second-order valence-electron chi connectivity index (χ2n) is 2.47. The van der Waals surface area contributed by atoms with E-state index in [0.29, 0.717) is 11.3 Å². The molecule has 2 rings (SSSR count). The first-order chi connectivity index (χ1) is 5.70. The van der Waals surface area contributed by atoms with Gasteiger partial charge < -0.3 is 0 Å². The summed E-state index contributed by atoms with van der Waals surface area (Å²) in [4.78, 5) is 29.6. The van der Waals surface area contributed by atoms with E-state index in [2.05, 4.69) is 15.3 Å². The number of hydrogen-bond donors (Lipinski definition) is 1. The van der Waals surface area contributed by atoms with Crippen molar-refractivity contribution in [3.8, 4) is 0 Å². The van der Waals surface area contributed by atoms with Crippen molar-refractivity contribution in [1.29, 1.82) is 0 Å². The van der Waals surface area contributed by atoms with Gasteiger partial charge in [0.05, 0.1) is 11.3 Å². The Labute approximate surface area is 67.8 Å². The molecule has 0 spiro atoms. The summed E-state index contributed by atoms with van der Waals surface area (Å²) < 4.78 is 0. The summed E-state index contributed by atoms with van der Waals surface area (Å²) in [6.07, 6.45) is 1.27. The second kappa shape index (κ2) is 2.10. The van der Waals surface area contributed by atoms with Crippen molar-refractivity contribution >= 4 is 11.8 Å².